The number of likely N-dealkylation sites (N-methyl/N-ethyl adjacent to an activating group) is 1. The van der Waals surface area contributed by atoms with Gasteiger partial charge < -0.3 is 15.1 Å². The summed E-state index contributed by atoms with van der Waals surface area (Å²) in [5.41, 5.74) is 1.35. The van der Waals surface area contributed by atoms with Crippen LogP contribution in [0, 0.1) is 13.8 Å². The monoisotopic (exact) mass is 332 g/mol. The van der Waals surface area contributed by atoms with Crippen molar-refractivity contribution in [2.24, 2.45) is 0 Å². The number of anilines is 2. The first-order valence-corrected chi connectivity index (χ1v) is 8.35. The minimum absolute atomic E-state index is 0.163. The Bertz CT molecular complexity index is 690. The molecule has 1 N–H and O–H groups in total. The van der Waals surface area contributed by atoms with Crippen LogP contribution >= 0.6 is 11.3 Å². The van der Waals surface area contributed by atoms with Crippen molar-refractivity contribution < 1.29 is 4.79 Å². The van der Waals surface area contributed by atoms with Crippen LogP contribution in [0.4, 0.5) is 11.6 Å². The Labute approximate surface area is 139 Å². The van der Waals surface area contributed by atoms with Crippen LogP contribution in [0.25, 0.3) is 0 Å². The number of hydrogen-bond acceptors (Lipinski definition) is 7. The highest BCUT2D eigenvalue weighted by molar-refractivity contribution is 7.13. The van der Waals surface area contributed by atoms with E-state index in [4.69, 9.17) is 0 Å². The van der Waals surface area contributed by atoms with Crippen LogP contribution in [-0.2, 0) is 0 Å². The number of aromatic nitrogens is 3. The molecule has 0 spiro atoms. The van der Waals surface area contributed by atoms with Crippen LogP contribution in [0.2, 0.25) is 0 Å². The number of amides is 1. The first-order valence-electron chi connectivity index (χ1n) is 7.54. The summed E-state index contributed by atoms with van der Waals surface area (Å²) in [5.74, 6) is 0.546. The summed E-state index contributed by atoms with van der Waals surface area (Å²) in [6.07, 6.45) is 3.31. The summed E-state index contributed by atoms with van der Waals surface area (Å²) >= 11 is 1.39. The molecule has 0 radical (unpaired) electrons. The Morgan fingerprint density at radius 1 is 1.17 bits per heavy atom. The van der Waals surface area contributed by atoms with Crippen molar-refractivity contribution in [3.05, 3.63) is 28.0 Å². The van der Waals surface area contributed by atoms with E-state index in [0.717, 1.165) is 36.9 Å². The van der Waals surface area contributed by atoms with E-state index in [0.29, 0.717) is 16.5 Å². The van der Waals surface area contributed by atoms with Crippen molar-refractivity contribution in [2.45, 2.75) is 13.8 Å². The summed E-state index contributed by atoms with van der Waals surface area (Å²) in [6, 6.07) is 0. The molecule has 0 aliphatic carbocycles. The maximum absolute atomic E-state index is 12.3. The van der Waals surface area contributed by atoms with E-state index < -0.39 is 0 Å². The Balaban J connectivity index is 1.65. The molecule has 23 heavy (non-hydrogen) atoms. The predicted octanol–water partition coefficient (Wildman–Crippen LogP) is 1.55. The second-order valence-electron chi connectivity index (χ2n) is 5.66. The van der Waals surface area contributed by atoms with Gasteiger partial charge in [-0.1, -0.05) is 0 Å². The molecular weight excluding hydrogens is 312 g/mol. The van der Waals surface area contributed by atoms with Crippen molar-refractivity contribution in [3.8, 4) is 0 Å². The topological polar surface area (TPSA) is 74.2 Å². The fourth-order valence-corrected chi connectivity index (χ4v) is 3.30. The molecule has 7 nitrogen and oxygen atoms in total. The van der Waals surface area contributed by atoms with E-state index in [1.807, 2.05) is 13.8 Å². The van der Waals surface area contributed by atoms with Gasteiger partial charge in [0.05, 0.1) is 28.8 Å². The largest absolute Gasteiger partial charge is 0.338 e. The lowest BCUT2D eigenvalue weighted by atomic mass is 10.3. The van der Waals surface area contributed by atoms with Gasteiger partial charge in [0.25, 0.3) is 5.91 Å². The van der Waals surface area contributed by atoms with Gasteiger partial charge in [0.1, 0.15) is 4.88 Å². The normalized spacial score (nSPS) is 15.7. The number of hydrogen-bond donors (Lipinski definition) is 1. The molecule has 3 heterocycles. The molecule has 0 bridgehead atoms. The number of nitrogens with one attached hydrogen (secondary N) is 1. The zero-order chi connectivity index (χ0) is 16.4. The number of aryl methyl sites for hydroxylation is 2. The Hall–Kier alpha value is -2.06. The summed E-state index contributed by atoms with van der Waals surface area (Å²) in [4.78, 5) is 30.3. The van der Waals surface area contributed by atoms with Crippen molar-refractivity contribution >= 4 is 28.9 Å². The zero-order valence-electron chi connectivity index (χ0n) is 13.5. The SMILES string of the molecule is Cc1nc(C)c(C(=O)Nc2cnc(N3CCN(C)CC3)nc2)s1. The van der Waals surface area contributed by atoms with Crippen LogP contribution in [0.5, 0.6) is 0 Å². The fraction of sp³-hybridized carbons (Fsp3) is 0.467. The van der Waals surface area contributed by atoms with Crippen molar-refractivity contribution in [1.82, 2.24) is 19.9 Å². The molecular formula is C15H20N6OS. The molecule has 1 saturated heterocycles. The van der Waals surface area contributed by atoms with E-state index in [1.165, 1.54) is 11.3 Å². The van der Waals surface area contributed by atoms with Crippen LogP contribution in [0.3, 0.4) is 0 Å². The third-order valence-electron chi connectivity index (χ3n) is 3.79. The van der Waals surface area contributed by atoms with Crippen molar-refractivity contribution in [3.63, 3.8) is 0 Å². The summed E-state index contributed by atoms with van der Waals surface area (Å²) in [7, 11) is 2.11. The molecule has 0 atom stereocenters. The molecule has 1 aliphatic rings. The van der Waals surface area contributed by atoms with Gasteiger partial charge in [0, 0.05) is 26.2 Å². The minimum Gasteiger partial charge on any atom is -0.338 e. The van der Waals surface area contributed by atoms with Gasteiger partial charge >= 0.3 is 0 Å². The van der Waals surface area contributed by atoms with Gasteiger partial charge in [-0.2, -0.15) is 0 Å². The summed E-state index contributed by atoms with van der Waals surface area (Å²) in [6.45, 7) is 7.58. The highest BCUT2D eigenvalue weighted by Crippen LogP contribution is 2.19. The first-order chi connectivity index (χ1) is 11.0. The number of rotatable bonds is 3. The van der Waals surface area contributed by atoms with Gasteiger partial charge in [-0.3, -0.25) is 4.79 Å². The Morgan fingerprint density at radius 3 is 2.39 bits per heavy atom. The number of piperazine rings is 1. The number of thiazole rings is 1. The lowest BCUT2D eigenvalue weighted by molar-refractivity contribution is 0.102. The molecule has 1 fully saturated rings. The second-order valence-corrected chi connectivity index (χ2v) is 6.87. The summed E-state index contributed by atoms with van der Waals surface area (Å²) in [5, 5.41) is 3.71. The maximum Gasteiger partial charge on any atom is 0.267 e. The molecule has 0 aromatic carbocycles. The second kappa shape index (κ2) is 6.59. The van der Waals surface area contributed by atoms with E-state index in [2.05, 4.69) is 37.1 Å². The van der Waals surface area contributed by atoms with Crippen molar-refractivity contribution in [2.75, 3.05) is 43.4 Å². The number of carbonyl (C=O) groups is 1. The highest BCUT2D eigenvalue weighted by atomic mass is 32.1. The lowest BCUT2D eigenvalue weighted by Crippen LogP contribution is -2.45. The lowest BCUT2D eigenvalue weighted by Gasteiger charge is -2.32. The van der Waals surface area contributed by atoms with Gasteiger partial charge in [-0.05, 0) is 20.9 Å². The predicted molar refractivity (Wildman–Crippen MR) is 91.3 cm³/mol. The van der Waals surface area contributed by atoms with Gasteiger partial charge in [0.15, 0.2) is 0 Å². The Morgan fingerprint density at radius 2 is 1.83 bits per heavy atom. The molecule has 122 valence electrons. The van der Waals surface area contributed by atoms with E-state index in [-0.39, 0.29) is 5.91 Å². The minimum atomic E-state index is -0.163. The van der Waals surface area contributed by atoms with Crippen LogP contribution in [0.15, 0.2) is 12.4 Å². The van der Waals surface area contributed by atoms with Crippen LogP contribution in [0.1, 0.15) is 20.4 Å². The molecule has 0 saturated carbocycles. The molecule has 2 aromatic rings. The standard InChI is InChI=1S/C15H20N6OS/c1-10-13(23-11(2)18-10)14(22)19-12-8-16-15(17-9-12)21-6-4-20(3)5-7-21/h8-9H,4-7H2,1-3H3,(H,19,22). The van der Waals surface area contributed by atoms with Gasteiger partial charge in [-0.15, -0.1) is 11.3 Å². The number of nitrogens with zero attached hydrogens (tertiary/aromatic N) is 5. The van der Waals surface area contributed by atoms with Crippen LogP contribution < -0.4 is 10.2 Å². The average molecular weight is 332 g/mol. The smallest absolute Gasteiger partial charge is 0.267 e. The third-order valence-corrected chi connectivity index (χ3v) is 4.86. The van der Waals surface area contributed by atoms with Crippen molar-refractivity contribution in [1.29, 1.82) is 0 Å². The molecule has 3 rings (SSSR count). The first kappa shape index (κ1) is 15.8. The molecule has 1 aliphatic heterocycles. The Kier molecular flexibility index (Phi) is 4.53. The molecule has 8 heteroatoms. The quantitative estimate of drug-likeness (QED) is 0.919. The van der Waals surface area contributed by atoms with Crippen LogP contribution in [-0.4, -0.2) is 59.0 Å². The number of carbonyl (C=O) groups excluding carboxylic acids is 1. The molecule has 1 amide bonds. The molecule has 0 unspecified atom stereocenters. The van der Waals surface area contributed by atoms with Gasteiger partial charge in [0.2, 0.25) is 5.95 Å². The fourth-order valence-electron chi connectivity index (χ4n) is 2.49. The highest BCUT2D eigenvalue weighted by Gasteiger charge is 2.17. The average Bonchev–Trinajstić information content (AvgIpc) is 2.88. The van der Waals surface area contributed by atoms with Gasteiger partial charge in [-0.25, -0.2) is 15.0 Å². The third kappa shape index (κ3) is 3.65. The zero-order valence-corrected chi connectivity index (χ0v) is 14.4. The summed E-state index contributed by atoms with van der Waals surface area (Å²) < 4.78 is 0. The van der Waals surface area contributed by atoms with E-state index in [1.54, 1.807) is 12.4 Å². The molecule has 2 aromatic heterocycles. The van der Waals surface area contributed by atoms with E-state index in [9.17, 15) is 4.79 Å². The van der Waals surface area contributed by atoms with E-state index >= 15 is 0 Å². The maximum atomic E-state index is 12.3.